The molecule has 0 unspecified atom stereocenters. The van der Waals surface area contributed by atoms with E-state index in [1.807, 2.05) is 4.90 Å². The van der Waals surface area contributed by atoms with Crippen LogP contribution in [0.3, 0.4) is 0 Å². The molecule has 1 fully saturated rings. The zero-order chi connectivity index (χ0) is 18.0. The summed E-state index contributed by atoms with van der Waals surface area (Å²) >= 11 is 6.12. The van der Waals surface area contributed by atoms with E-state index in [1.165, 1.54) is 18.2 Å². The second-order valence-electron chi connectivity index (χ2n) is 6.41. The number of nitro benzene ring substituents is 1. The Labute approximate surface area is 150 Å². The Morgan fingerprint density at radius 3 is 2.80 bits per heavy atom. The predicted octanol–water partition coefficient (Wildman–Crippen LogP) is 4.77. The number of halogens is 1. The van der Waals surface area contributed by atoms with Gasteiger partial charge in [-0.2, -0.15) is 0 Å². The molecule has 2 aromatic rings. The van der Waals surface area contributed by atoms with E-state index in [0.717, 1.165) is 32.4 Å². The summed E-state index contributed by atoms with van der Waals surface area (Å²) in [5.41, 5.74) is 0.436. The summed E-state index contributed by atoms with van der Waals surface area (Å²) in [6.07, 6.45) is 3.12. The van der Waals surface area contributed by atoms with Crippen LogP contribution in [0.25, 0.3) is 11.3 Å². The predicted molar refractivity (Wildman–Crippen MR) is 94.7 cm³/mol. The lowest BCUT2D eigenvalue weighted by atomic mass is 10.0. The standard InChI is InChI=1S/C18H19ClN2O4/c1-12-3-2-9-20(10-8-12)18(22)17-7-6-16(25-17)14-5-4-13(21(23)24)11-15(14)19/h4-7,11-12H,2-3,8-10H2,1H3/t12-/m0/s1. The first-order valence-electron chi connectivity index (χ1n) is 8.29. The number of amides is 1. The number of rotatable bonds is 3. The van der Waals surface area contributed by atoms with Crippen molar-refractivity contribution in [3.05, 3.63) is 51.2 Å². The highest BCUT2D eigenvalue weighted by Crippen LogP contribution is 2.32. The third-order valence-corrected chi connectivity index (χ3v) is 4.86. The van der Waals surface area contributed by atoms with Gasteiger partial charge in [0, 0.05) is 30.8 Å². The first-order chi connectivity index (χ1) is 12.0. The van der Waals surface area contributed by atoms with Gasteiger partial charge >= 0.3 is 0 Å². The Balaban J connectivity index is 1.80. The van der Waals surface area contributed by atoms with Gasteiger partial charge in [-0.15, -0.1) is 0 Å². The highest BCUT2D eigenvalue weighted by Gasteiger charge is 2.23. The van der Waals surface area contributed by atoms with Crippen molar-refractivity contribution < 1.29 is 14.1 Å². The molecule has 1 aromatic heterocycles. The minimum Gasteiger partial charge on any atom is -0.451 e. The summed E-state index contributed by atoms with van der Waals surface area (Å²) in [6, 6.07) is 7.46. The number of non-ortho nitro benzene ring substituents is 1. The van der Waals surface area contributed by atoms with E-state index >= 15 is 0 Å². The van der Waals surface area contributed by atoms with E-state index < -0.39 is 4.92 Å². The lowest BCUT2D eigenvalue weighted by molar-refractivity contribution is -0.384. The van der Waals surface area contributed by atoms with Crippen molar-refractivity contribution in [2.45, 2.75) is 26.2 Å². The van der Waals surface area contributed by atoms with Gasteiger partial charge in [-0.05, 0) is 43.4 Å². The first-order valence-corrected chi connectivity index (χ1v) is 8.67. The fraction of sp³-hybridized carbons (Fsp3) is 0.389. The summed E-state index contributed by atoms with van der Waals surface area (Å²) < 4.78 is 5.69. The molecule has 0 aliphatic carbocycles. The number of hydrogen-bond donors (Lipinski definition) is 0. The number of furan rings is 1. The third-order valence-electron chi connectivity index (χ3n) is 4.55. The molecule has 1 saturated heterocycles. The van der Waals surface area contributed by atoms with Crippen LogP contribution in [0.2, 0.25) is 5.02 Å². The monoisotopic (exact) mass is 362 g/mol. The van der Waals surface area contributed by atoms with Gasteiger partial charge in [0.05, 0.1) is 9.95 Å². The fourth-order valence-electron chi connectivity index (χ4n) is 3.04. The maximum atomic E-state index is 12.6. The van der Waals surface area contributed by atoms with E-state index in [4.69, 9.17) is 16.0 Å². The fourth-order valence-corrected chi connectivity index (χ4v) is 3.30. The van der Waals surface area contributed by atoms with Crippen LogP contribution in [0.4, 0.5) is 5.69 Å². The van der Waals surface area contributed by atoms with Crippen molar-refractivity contribution in [3.8, 4) is 11.3 Å². The molecule has 0 radical (unpaired) electrons. The van der Waals surface area contributed by atoms with E-state index in [2.05, 4.69) is 6.92 Å². The van der Waals surface area contributed by atoms with Crippen molar-refractivity contribution in [1.29, 1.82) is 0 Å². The topological polar surface area (TPSA) is 76.6 Å². The maximum absolute atomic E-state index is 12.6. The van der Waals surface area contributed by atoms with Gasteiger partial charge in [0.1, 0.15) is 5.76 Å². The molecule has 3 rings (SSSR count). The largest absolute Gasteiger partial charge is 0.451 e. The lowest BCUT2D eigenvalue weighted by Crippen LogP contribution is -2.31. The quantitative estimate of drug-likeness (QED) is 0.582. The van der Waals surface area contributed by atoms with Gasteiger partial charge < -0.3 is 9.32 Å². The Morgan fingerprint density at radius 1 is 1.28 bits per heavy atom. The number of nitrogens with zero attached hydrogens (tertiary/aromatic N) is 2. The third kappa shape index (κ3) is 3.85. The number of carbonyl (C=O) groups is 1. The Hall–Kier alpha value is -2.34. The minimum atomic E-state index is -0.507. The smallest absolute Gasteiger partial charge is 0.289 e. The number of likely N-dealkylation sites (tertiary alicyclic amines) is 1. The van der Waals surface area contributed by atoms with Crippen LogP contribution in [0.5, 0.6) is 0 Å². The maximum Gasteiger partial charge on any atom is 0.289 e. The van der Waals surface area contributed by atoms with E-state index in [-0.39, 0.29) is 22.4 Å². The summed E-state index contributed by atoms with van der Waals surface area (Å²) in [6.45, 7) is 3.67. The molecule has 0 bridgehead atoms. The Kier molecular flexibility index (Phi) is 5.08. The summed E-state index contributed by atoms with van der Waals surface area (Å²) in [7, 11) is 0. The van der Waals surface area contributed by atoms with Gasteiger partial charge in [-0.3, -0.25) is 14.9 Å². The molecule has 0 spiro atoms. The van der Waals surface area contributed by atoms with Crippen LogP contribution in [0.15, 0.2) is 34.7 Å². The zero-order valence-electron chi connectivity index (χ0n) is 13.9. The normalized spacial score (nSPS) is 18.0. The van der Waals surface area contributed by atoms with Gasteiger partial charge in [0.15, 0.2) is 5.76 Å². The summed E-state index contributed by atoms with van der Waals surface area (Å²) in [5, 5.41) is 11.0. The summed E-state index contributed by atoms with van der Waals surface area (Å²) in [4.78, 5) is 24.8. The van der Waals surface area contributed by atoms with Crippen LogP contribution in [-0.2, 0) is 0 Å². The molecular weight excluding hydrogens is 344 g/mol. The highest BCUT2D eigenvalue weighted by molar-refractivity contribution is 6.33. The zero-order valence-corrected chi connectivity index (χ0v) is 14.7. The van der Waals surface area contributed by atoms with Gasteiger partial charge in [-0.1, -0.05) is 18.5 Å². The molecule has 0 saturated carbocycles. The van der Waals surface area contributed by atoms with Crippen LogP contribution in [-0.4, -0.2) is 28.8 Å². The lowest BCUT2D eigenvalue weighted by Gasteiger charge is -2.18. The molecule has 1 aliphatic rings. The summed E-state index contributed by atoms with van der Waals surface area (Å²) in [5.74, 6) is 1.19. The molecule has 1 aliphatic heterocycles. The molecule has 1 atom stereocenters. The molecule has 7 heteroatoms. The number of benzene rings is 1. The number of carbonyl (C=O) groups excluding carboxylic acids is 1. The first kappa shape index (κ1) is 17.5. The average Bonchev–Trinajstić information content (AvgIpc) is 2.96. The second-order valence-corrected chi connectivity index (χ2v) is 6.82. The SMILES string of the molecule is C[C@H]1CCCN(C(=O)c2ccc(-c3ccc([N+](=O)[O-])cc3Cl)o2)CC1. The minimum absolute atomic E-state index is 0.0877. The molecule has 1 aromatic carbocycles. The highest BCUT2D eigenvalue weighted by atomic mass is 35.5. The van der Waals surface area contributed by atoms with Gasteiger partial charge in [-0.25, -0.2) is 0 Å². The molecular formula is C18H19ClN2O4. The average molecular weight is 363 g/mol. The molecule has 2 heterocycles. The van der Waals surface area contributed by atoms with Crippen LogP contribution in [0, 0.1) is 16.0 Å². The number of hydrogen-bond acceptors (Lipinski definition) is 4. The van der Waals surface area contributed by atoms with Gasteiger partial charge in [0.25, 0.3) is 11.6 Å². The van der Waals surface area contributed by atoms with E-state index in [1.54, 1.807) is 12.1 Å². The molecule has 0 N–H and O–H groups in total. The van der Waals surface area contributed by atoms with Crippen molar-refractivity contribution in [2.75, 3.05) is 13.1 Å². The molecule has 1 amide bonds. The van der Waals surface area contributed by atoms with Crippen molar-refractivity contribution in [1.82, 2.24) is 4.90 Å². The van der Waals surface area contributed by atoms with Crippen molar-refractivity contribution in [3.63, 3.8) is 0 Å². The van der Waals surface area contributed by atoms with Crippen LogP contribution >= 0.6 is 11.6 Å². The second kappa shape index (κ2) is 7.27. The molecule has 132 valence electrons. The molecule has 6 nitrogen and oxygen atoms in total. The Bertz CT molecular complexity index is 802. The number of nitro groups is 1. The molecule has 25 heavy (non-hydrogen) atoms. The van der Waals surface area contributed by atoms with E-state index in [0.29, 0.717) is 17.2 Å². The van der Waals surface area contributed by atoms with Crippen LogP contribution < -0.4 is 0 Å². The Morgan fingerprint density at radius 2 is 2.08 bits per heavy atom. The van der Waals surface area contributed by atoms with Gasteiger partial charge in [0.2, 0.25) is 0 Å². The van der Waals surface area contributed by atoms with Crippen LogP contribution in [0.1, 0.15) is 36.7 Å². The van der Waals surface area contributed by atoms with E-state index in [9.17, 15) is 14.9 Å². The van der Waals surface area contributed by atoms with Crippen molar-refractivity contribution in [2.24, 2.45) is 5.92 Å². The van der Waals surface area contributed by atoms with Crippen molar-refractivity contribution >= 4 is 23.2 Å².